The van der Waals surface area contributed by atoms with E-state index in [1.807, 2.05) is 0 Å². The van der Waals surface area contributed by atoms with Gasteiger partial charge in [-0.1, -0.05) is 0 Å². The summed E-state index contributed by atoms with van der Waals surface area (Å²) >= 11 is -0.376. The molecule has 0 aliphatic carbocycles. The Bertz CT molecular complexity index is 37.8. The van der Waals surface area contributed by atoms with E-state index in [2.05, 4.69) is 11.6 Å². The van der Waals surface area contributed by atoms with Gasteiger partial charge in [0, 0.05) is 0 Å². The average molecular weight is 229 g/mol. The van der Waals surface area contributed by atoms with Crippen molar-refractivity contribution in [3.05, 3.63) is 4.68 Å². The van der Waals surface area contributed by atoms with Crippen LogP contribution in [0.4, 0.5) is 0 Å². The molecule has 0 fully saturated rings. The molecule has 0 saturated heterocycles. The van der Waals surface area contributed by atoms with Gasteiger partial charge in [0.2, 0.25) is 0 Å². The van der Waals surface area contributed by atoms with Crippen LogP contribution in [-0.4, -0.2) is 22.9 Å². The fourth-order valence-corrected chi connectivity index (χ4v) is 2.98. The Kier molecular flexibility index (Phi) is 9.73. The summed E-state index contributed by atoms with van der Waals surface area (Å²) in [7, 11) is 0. The second-order valence-electron chi connectivity index (χ2n) is 2.62. The second-order valence-corrected chi connectivity index (χ2v) is 6.66. The second kappa shape index (κ2) is 8.87. The maximum atomic E-state index is 4.01. The summed E-state index contributed by atoms with van der Waals surface area (Å²) in [5.74, 6) is 0. The molecule has 0 unspecified atom stereocenters. The topological polar surface area (TPSA) is 0 Å². The van der Waals surface area contributed by atoms with E-state index in [0.29, 0.717) is 0 Å². The van der Waals surface area contributed by atoms with Crippen molar-refractivity contribution in [2.75, 3.05) is 0 Å². The Morgan fingerprint density at radius 1 is 1.11 bits per heavy atom. The molecule has 1 radical (unpaired) electrons. The average Bonchev–Trinajstić information content (AvgIpc) is 1.89. The van der Waals surface area contributed by atoms with Crippen LogP contribution in [0.5, 0.6) is 0 Å². The molecule has 0 bridgehead atoms. The minimum atomic E-state index is -0.376. The third kappa shape index (κ3) is 8.87. The molecule has 0 rings (SSSR count). The molecule has 1 heteroatoms. The van der Waals surface area contributed by atoms with Crippen LogP contribution >= 0.6 is 0 Å². The maximum absolute atomic E-state index is 4.01. The van der Waals surface area contributed by atoms with Crippen LogP contribution in [0.3, 0.4) is 0 Å². The molecule has 0 heterocycles. The van der Waals surface area contributed by atoms with Crippen molar-refractivity contribution >= 4 is 22.9 Å². The Morgan fingerprint density at radius 2 is 1.78 bits per heavy atom. The zero-order valence-corrected chi connectivity index (χ0v) is 10.7. The van der Waals surface area contributed by atoms with E-state index < -0.39 is 0 Å². The molecule has 0 aromatic carbocycles. The zero-order valence-electron chi connectivity index (χ0n) is 6.66. The van der Waals surface area contributed by atoms with Gasteiger partial charge < -0.3 is 0 Å². The number of hydrogen-bond donors (Lipinski definition) is 0. The molecule has 0 aromatic heterocycles. The first-order valence-corrected chi connectivity index (χ1v) is 9.92. The van der Waals surface area contributed by atoms with E-state index in [4.69, 9.17) is 0 Å². The zero-order chi connectivity index (χ0) is 6.95. The molecule has 0 nitrogen and oxygen atoms in total. The first-order valence-electron chi connectivity index (χ1n) is 4.21. The quantitative estimate of drug-likeness (QED) is 0.614. The fourth-order valence-electron chi connectivity index (χ4n) is 0.957. The van der Waals surface area contributed by atoms with Crippen molar-refractivity contribution in [2.24, 2.45) is 0 Å². The van der Waals surface area contributed by atoms with Gasteiger partial charge in [-0.3, -0.25) is 0 Å². The predicted molar refractivity (Wildman–Crippen MR) is 46.1 cm³/mol. The molecule has 53 valence electrons. The first-order chi connectivity index (χ1) is 4.41. The molecule has 0 amide bonds. The van der Waals surface area contributed by atoms with Gasteiger partial charge in [0.05, 0.1) is 0 Å². The van der Waals surface area contributed by atoms with Gasteiger partial charge in [0.15, 0.2) is 0 Å². The monoisotopic (exact) mass is 229 g/mol. The fraction of sp³-hybridized carbons (Fsp3) is 0.875. The van der Waals surface area contributed by atoms with Crippen molar-refractivity contribution in [1.29, 1.82) is 0 Å². The van der Waals surface area contributed by atoms with Gasteiger partial charge in [0.25, 0.3) is 0 Å². The van der Waals surface area contributed by atoms with Crippen LogP contribution < -0.4 is 0 Å². The number of unbranched alkanes of at least 4 members (excludes halogenated alkanes) is 4. The summed E-state index contributed by atoms with van der Waals surface area (Å²) in [5.41, 5.74) is 0. The number of hydrogen-bond acceptors (Lipinski definition) is 0. The number of rotatable bonds is 6. The third-order valence-corrected chi connectivity index (χ3v) is 4.46. The molecule has 0 aromatic rings. The summed E-state index contributed by atoms with van der Waals surface area (Å²) in [6.07, 6.45) is 7.22. The van der Waals surface area contributed by atoms with E-state index in [1.165, 1.54) is 36.3 Å². The predicted octanol–water partition coefficient (Wildman–Crippen LogP) is 2.60. The van der Waals surface area contributed by atoms with Crippen molar-refractivity contribution in [3.63, 3.8) is 0 Å². The molecule has 9 heavy (non-hydrogen) atoms. The summed E-state index contributed by atoms with van der Waals surface area (Å²) in [5, 5.41) is 0. The van der Waals surface area contributed by atoms with Gasteiger partial charge >= 0.3 is 70.8 Å². The summed E-state index contributed by atoms with van der Waals surface area (Å²) in [4.78, 5) is 0. The van der Waals surface area contributed by atoms with E-state index in [-0.39, 0.29) is 22.9 Å². The van der Waals surface area contributed by atoms with Crippen LogP contribution in [0.1, 0.15) is 39.0 Å². The third-order valence-electron chi connectivity index (χ3n) is 1.60. The van der Waals surface area contributed by atoms with Crippen LogP contribution in [0.2, 0.25) is 4.18 Å². The van der Waals surface area contributed by atoms with E-state index in [1.54, 1.807) is 0 Å². The van der Waals surface area contributed by atoms with Crippen LogP contribution in [-0.2, 0) is 0 Å². The molecule has 0 N–H and O–H groups in total. The molecule has 0 aliphatic heterocycles. The van der Waals surface area contributed by atoms with Gasteiger partial charge in [-0.15, -0.1) is 0 Å². The minimum absolute atomic E-state index is 0.376. The van der Waals surface area contributed by atoms with Gasteiger partial charge in [0.1, 0.15) is 0 Å². The van der Waals surface area contributed by atoms with E-state index in [0.717, 1.165) is 0 Å². The molecule has 0 atom stereocenters. The van der Waals surface area contributed by atoms with Gasteiger partial charge in [-0.2, -0.15) is 0 Å². The Balaban J connectivity index is 2.60. The van der Waals surface area contributed by atoms with Gasteiger partial charge in [-0.05, 0) is 0 Å². The molecular formula is C8H18In. The van der Waals surface area contributed by atoms with Gasteiger partial charge in [-0.25, -0.2) is 0 Å². The van der Waals surface area contributed by atoms with E-state index in [9.17, 15) is 0 Å². The van der Waals surface area contributed by atoms with Crippen LogP contribution in [0, 0.1) is 4.68 Å². The van der Waals surface area contributed by atoms with Crippen molar-refractivity contribution in [2.45, 2.75) is 43.2 Å². The Labute approximate surface area is 70.8 Å². The molecule has 0 saturated carbocycles. The summed E-state index contributed by atoms with van der Waals surface area (Å²) < 4.78 is 5.55. The standard InChI is InChI=1S/C7H15.CH2.In.H/c1-3-5-7-6-4-2;;;/h1,3-7H2,2H3;1H2;;. The van der Waals surface area contributed by atoms with Crippen molar-refractivity contribution in [1.82, 2.24) is 0 Å². The molecule has 0 aliphatic rings. The summed E-state index contributed by atoms with van der Waals surface area (Å²) in [6.45, 7) is 2.26. The van der Waals surface area contributed by atoms with Crippen molar-refractivity contribution in [3.8, 4) is 0 Å². The Morgan fingerprint density at radius 3 is 2.33 bits per heavy atom. The van der Waals surface area contributed by atoms with Crippen LogP contribution in [0.25, 0.3) is 0 Å². The normalized spacial score (nSPS) is 9.56. The van der Waals surface area contributed by atoms with Crippen LogP contribution in [0.15, 0.2) is 0 Å². The molecular weight excluding hydrogens is 211 g/mol. The van der Waals surface area contributed by atoms with E-state index >= 15 is 0 Å². The van der Waals surface area contributed by atoms with Crippen molar-refractivity contribution < 1.29 is 0 Å². The summed E-state index contributed by atoms with van der Waals surface area (Å²) in [6, 6.07) is 0. The molecule has 0 spiro atoms. The SMILES string of the molecule is [CH2][InH][CH2]CCCCCC. The Hall–Kier alpha value is 0.870. The first kappa shape index (κ1) is 9.87.